The van der Waals surface area contributed by atoms with Crippen molar-refractivity contribution in [2.75, 3.05) is 18.3 Å². The lowest BCUT2D eigenvalue weighted by Crippen LogP contribution is -2.54. The molecule has 2 aliphatic rings. The van der Waals surface area contributed by atoms with Crippen molar-refractivity contribution in [1.82, 2.24) is 5.32 Å². The number of fused-ring (bicyclic) bond motifs is 1. The molecule has 0 unspecified atom stereocenters. The van der Waals surface area contributed by atoms with E-state index in [1.165, 1.54) is 30.3 Å². The molecule has 2 aromatic carbocycles. The number of hydrogen-bond donors (Lipinski definition) is 2. The number of rotatable bonds is 5. The van der Waals surface area contributed by atoms with Gasteiger partial charge in [-0.3, -0.25) is 14.9 Å². The van der Waals surface area contributed by atoms with Gasteiger partial charge in [0.05, 0.1) is 10.2 Å². The standard InChI is InChI=1S/C20H13BrN2O8/c21-13-6-10(1-3-14(13)29-8-17(24)25)5-12-18(26)22-20(28)23(19(12)27)11-2-4-15-16(7-11)31-9-30-15/h1-7H,8-9H2,(H,24,25)(H,22,26,28)/b12-5+. The highest BCUT2D eigenvalue weighted by Gasteiger charge is 2.37. The maximum absolute atomic E-state index is 13.0. The minimum Gasteiger partial charge on any atom is -0.481 e. The molecule has 11 heteroatoms. The summed E-state index contributed by atoms with van der Waals surface area (Å²) in [4.78, 5) is 49.1. The van der Waals surface area contributed by atoms with E-state index in [1.54, 1.807) is 12.1 Å². The Kier molecular flexibility index (Phi) is 5.34. The number of imide groups is 2. The van der Waals surface area contributed by atoms with Crippen LogP contribution in [0.1, 0.15) is 5.56 Å². The van der Waals surface area contributed by atoms with Gasteiger partial charge in [0.1, 0.15) is 11.3 Å². The highest BCUT2D eigenvalue weighted by atomic mass is 79.9. The smallest absolute Gasteiger partial charge is 0.341 e. The van der Waals surface area contributed by atoms with Crippen molar-refractivity contribution < 1.29 is 38.5 Å². The molecule has 1 fully saturated rings. The first-order valence-electron chi connectivity index (χ1n) is 8.79. The van der Waals surface area contributed by atoms with Gasteiger partial charge in [-0.25, -0.2) is 14.5 Å². The molecule has 4 rings (SSSR count). The maximum atomic E-state index is 13.0. The number of hydrogen-bond acceptors (Lipinski definition) is 7. The summed E-state index contributed by atoms with van der Waals surface area (Å²) in [6.07, 6.45) is 1.32. The zero-order valence-corrected chi connectivity index (χ0v) is 17.2. The van der Waals surface area contributed by atoms with Gasteiger partial charge >= 0.3 is 12.0 Å². The molecule has 2 N–H and O–H groups in total. The van der Waals surface area contributed by atoms with E-state index in [0.29, 0.717) is 21.5 Å². The van der Waals surface area contributed by atoms with Gasteiger partial charge in [0.2, 0.25) is 6.79 Å². The lowest BCUT2D eigenvalue weighted by atomic mass is 10.1. The molecule has 0 radical (unpaired) electrons. The number of nitrogens with zero attached hydrogens (tertiary/aromatic N) is 1. The Morgan fingerprint density at radius 1 is 1.16 bits per heavy atom. The Balaban J connectivity index is 1.63. The monoisotopic (exact) mass is 488 g/mol. The first kappa shape index (κ1) is 20.4. The average molecular weight is 489 g/mol. The molecule has 31 heavy (non-hydrogen) atoms. The quantitative estimate of drug-likeness (QED) is 0.484. The van der Waals surface area contributed by atoms with Gasteiger partial charge in [0.25, 0.3) is 11.8 Å². The zero-order valence-electron chi connectivity index (χ0n) is 15.6. The number of anilines is 1. The Morgan fingerprint density at radius 3 is 2.68 bits per heavy atom. The van der Waals surface area contributed by atoms with Crippen molar-refractivity contribution in [2.24, 2.45) is 0 Å². The van der Waals surface area contributed by atoms with Crippen molar-refractivity contribution in [1.29, 1.82) is 0 Å². The molecule has 158 valence electrons. The van der Waals surface area contributed by atoms with Crippen LogP contribution in [0.4, 0.5) is 10.5 Å². The Hall–Kier alpha value is -3.86. The number of urea groups is 1. The van der Waals surface area contributed by atoms with Crippen LogP contribution in [-0.2, 0) is 14.4 Å². The maximum Gasteiger partial charge on any atom is 0.341 e. The van der Waals surface area contributed by atoms with Crippen LogP contribution in [0.3, 0.4) is 0 Å². The third-order valence-electron chi connectivity index (χ3n) is 4.33. The second kappa shape index (κ2) is 8.11. The molecule has 2 aliphatic heterocycles. The molecule has 0 aromatic heterocycles. The fraction of sp³-hybridized carbons (Fsp3) is 0.100. The second-order valence-corrected chi connectivity index (χ2v) is 7.22. The van der Waals surface area contributed by atoms with E-state index in [2.05, 4.69) is 21.2 Å². The van der Waals surface area contributed by atoms with E-state index in [1.807, 2.05) is 0 Å². The third kappa shape index (κ3) is 4.08. The van der Waals surface area contributed by atoms with Gasteiger partial charge in [-0.05, 0) is 51.8 Å². The number of halogens is 1. The Labute approximate surface area is 183 Å². The summed E-state index contributed by atoms with van der Waals surface area (Å²) in [6, 6.07) is 8.23. The number of barbiturate groups is 1. The van der Waals surface area contributed by atoms with Crippen LogP contribution in [0.25, 0.3) is 6.08 Å². The van der Waals surface area contributed by atoms with Gasteiger partial charge in [-0.1, -0.05) is 6.07 Å². The fourth-order valence-corrected chi connectivity index (χ4v) is 3.46. The third-order valence-corrected chi connectivity index (χ3v) is 4.95. The van der Waals surface area contributed by atoms with Crippen LogP contribution in [0, 0.1) is 0 Å². The van der Waals surface area contributed by atoms with Crippen LogP contribution in [-0.4, -0.2) is 42.3 Å². The lowest BCUT2D eigenvalue weighted by Gasteiger charge is -2.26. The number of benzene rings is 2. The molecule has 4 amide bonds. The molecular formula is C20H13BrN2O8. The summed E-state index contributed by atoms with van der Waals surface area (Å²) < 4.78 is 16.0. The summed E-state index contributed by atoms with van der Waals surface area (Å²) in [7, 11) is 0. The second-order valence-electron chi connectivity index (χ2n) is 6.37. The highest BCUT2D eigenvalue weighted by Crippen LogP contribution is 2.36. The average Bonchev–Trinajstić information content (AvgIpc) is 3.18. The minimum absolute atomic E-state index is 0.0314. The number of ether oxygens (including phenoxy) is 3. The molecule has 2 aromatic rings. The fourth-order valence-electron chi connectivity index (χ4n) is 2.95. The number of carbonyl (C=O) groups excluding carboxylic acids is 3. The number of carbonyl (C=O) groups is 4. The van der Waals surface area contributed by atoms with Gasteiger partial charge < -0.3 is 19.3 Å². The molecule has 0 bridgehead atoms. The summed E-state index contributed by atoms with van der Waals surface area (Å²) in [6.45, 7) is -0.490. The summed E-state index contributed by atoms with van der Waals surface area (Å²) in [5.74, 6) is -1.64. The van der Waals surface area contributed by atoms with E-state index in [9.17, 15) is 19.2 Å². The van der Waals surface area contributed by atoms with Crippen LogP contribution in [0.5, 0.6) is 17.2 Å². The van der Waals surface area contributed by atoms with Crippen LogP contribution in [0.2, 0.25) is 0 Å². The van der Waals surface area contributed by atoms with Crippen LogP contribution < -0.4 is 24.4 Å². The van der Waals surface area contributed by atoms with Crippen molar-refractivity contribution in [3.05, 3.63) is 52.0 Å². The summed E-state index contributed by atoms with van der Waals surface area (Å²) in [5.41, 5.74) is 0.403. The van der Waals surface area contributed by atoms with Crippen molar-refractivity contribution >= 4 is 51.5 Å². The van der Waals surface area contributed by atoms with E-state index < -0.39 is 30.4 Å². The number of nitrogens with one attached hydrogen (secondary N) is 1. The van der Waals surface area contributed by atoms with Gasteiger partial charge in [0.15, 0.2) is 18.1 Å². The minimum atomic E-state index is -1.13. The molecule has 2 heterocycles. The van der Waals surface area contributed by atoms with E-state index in [4.69, 9.17) is 19.3 Å². The predicted octanol–water partition coefficient (Wildman–Crippen LogP) is 2.31. The molecule has 0 aliphatic carbocycles. The number of aliphatic carboxylic acids is 1. The van der Waals surface area contributed by atoms with Crippen molar-refractivity contribution in [3.63, 3.8) is 0 Å². The molecule has 1 saturated heterocycles. The number of carboxylic acid groups (broad SMARTS) is 1. The molecule has 0 saturated carbocycles. The topological polar surface area (TPSA) is 131 Å². The Bertz CT molecular complexity index is 1160. The van der Waals surface area contributed by atoms with Crippen LogP contribution >= 0.6 is 15.9 Å². The molecular weight excluding hydrogens is 476 g/mol. The summed E-state index contributed by atoms with van der Waals surface area (Å²) in [5, 5.41) is 10.8. The van der Waals surface area contributed by atoms with Gasteiger partial charge in [-0.15, -0.1) is 0 Å². The van der Waals surface area contributed by atoms with E-state index >= 15 is 0 Å². The largest absolute Gasteiger partial charge is 0.481 e. The molecule has 10 nitrogen and oxygen atoms in total. The van der Waals surface area contributed by atoms with Crippen molar-refractivity contribution in [2.45, 2.75) is 0 Å². The van der Waals surface area contributed by atoms with Crippen molar-refractivity contribution in [3.8, 4) is 17.2 Å². The first-order valence-corrected chi connectivity index (χ1v) is 9.58. The Morgan fingerprint density at radius 2 is 1.94 bits per heavy atom. The van der Waals surface area contributed by atoms with Gasteiger partial charge in [-0.2, -0.15) is 0 Å². The van der Waals surface area contributed by atoms with Crippen LogP contribution in [0.15, 0.2) is 46.4 Å². The molecule has 0 atom stereocenters. The number of carboxylic acids is 1. The first-order chi connectivity index (χ1) is 14.8. The zero-order chi connectivity index (χ0) is 22.1. The predicted molar refractivity (Wildman–Crippen MR) is 109 cm³/mol. The number of amides is 4. The SMILES string of the molecule is O=C(O)COc1ccc(/C=C2\C(=O)NC(=O)N(c3ccc4c(c3)OCO4)C2=O)cc1Br. The summed E-state index contributed by atoms with van der Waals surface area (Å²) >= 11 is 3.26. The molecule has 0 spiro atoms. The normalized spacial score (nSPS) is 16.5. The highest BCUT2D eigenvalue weighted by molar-refractivity contribution is 9.10. The van der Waals surface area contributed by atoms with Gasteiger partial charge in [0, 0.05) is 6.07 Å². The van der Waals surface area contributed by atoms with E-state index in [-0.39, 0.29) is 23.8 Å². The van der Waals surface area contributed by atoms with E-state index in [0.717, 1.165) is 4.90 Å². The lowest BCUT2D eigenvalue weighted by molar-refractivity contribution is -0.139.